The van der Waals surface area contributed by atoms with E-state index >= 15 is 0 Å². The summed E-state index contributed by atoms with van der Waals surface area (Å²) in [5.74, 6) is 1.18. The van der Waals surface area contributed by atoms with Gasteiger partial charge in [0.15, 0.2) is 6.29 Å². The Bertz CT molecular complexity index is 392. The number of phenols is 1. The van der Waals surface area contributed by atoms with Crippen LogP contribution in [0.5, 0.6) is 5.75 Å². The Morgan fingerprint density at radius 1 is 1.12 bits per heavy atom. The van der Waals surface area contributed by atoms with E-state index in [0.717, 1.165) is 30.3 Å². The Balaban J connectivity index is 3.19. The number of hydrogen-bond acceptors (Lipinski definition) is 2. The van der Waals surface area contributed by atoms with Gasteiger partial charge in [-0.3, -0.25) is 4.79 Å². The van der Waals surface area contributed by atoms with Gasteiger partial charge in [-0.2, -0.15) is 0 Å². The zero-order valence-corrected chi connectivity index (χ0v) is 11.2. The van der Waals surface area contributed by atoms with Gasteiger partial charge in [-0.1, -0.05) is 33.8 Å². The van der Waals surface area contributed by atoms with Crippen LogP contribution in [0.3, 0.4) is 0 Å². The van der Waals surface area contributed by atoms with Gasteiger partial charge in [0, 0.05) is 0 Å². The molecular formula is C15H22O2. The van der Waals surface area contributed by atoms with Gasteiger partial charge in [-0.15, -0.1) is 0 Å². The maximum atomic E-state index is 10.8. The predicted octanol–water partition coefficient (Wildman–Crippen LogP) is 3.60. The fourth-order valence-corrected chi connectivity index (χ4v) is 2.06. The molecule has 0 fully saturated rings. The van der Waals surface area contributed by atoms with Crippen molar-refractivity contribution >= 4 is 6.29 Å². The second-order valence-electron chi connectivity index (χ2n) is 5.45. The molecule has 0 aliphatic heterocycles. The molecule has 0 saturated heterocycles. The highest BCUT2D eigenvalue weighted by Crippen LogP contribution is 2.29. The molecule has 0 unspecified atom stereocenters. The van der Waals surface area contributed by atoms with Gasteiger partial charge in [0.1, 0.15) is 5.75 Å². The third-order valence-corrected chi connectivity index (χ3v) is 2.78. The third-order valence-electron chi connectivity index (χ3n) is 2.78. The van der Waals surface area contributed by atoms with E-state index in [4.69, 9.17) is 0 Å². The van der Waals surface area contributed by atoms with Gasteiger partial charge in [0.05, 0.1) is 5.56 Å². The lowest BCUT2D eigenvalue weighted by Crippen LogP contribution is -2.04. The fraction of sp³-hybridized carbons (Fsp3) is 0.533. The fourth-order valence-electron chi connectivity index (χ4n) is 2.06. The van der Waals surface area contributed by atoms with Crippen LogP contribution in [0, 0.1) is 11.8 Å². The maximum Gasteiger partial charge on any atom is 0.153 e. The van der Waals surface area contributed by atoms with Crippen LogP contribution in [0.1, 0.15) is 49.2 Å². The second kappa shape index (κ2) is 5.85. The Kier molecular flexibility index (Phi) is 4.73. The van der Waals surface area contributed by atoms with Crippen molar-refractivity contribution in [2.45, 2.75) is 40.5 Å². The molecule has 2 nitrogen and oxygen atoms in total. The molecule has 1 aromatic carbocycles. The van der Waals surface area contributed by atoms with Crippen LogP contribution < -0.4 is 0 Å². The van der Waals surface area contributed by atoms with Crippen molar-refractivity contribution in [2.75, 3.05) is 0 Å². The average Bonchev–Trinajstić information content (AvgIpc) is 2.22. The lowest BCUT2D eigenvalue weighted by Gasteiger charge is -2.16. The van der Waals surface area contributed by atoms with Crippen molar-refractivity contribution in [1.82, 2.24) is 0 Å². The molecule has 94 valence electrons. The largest absolute Gasteiger partial charge is 0.507 e. The summed E-state index contributed by atoms with van der Waals surface area (Å²) >= 11 is 0. The van der Waals surface area contributed by atoms with E-state index in [1.165, 1.54) is 0 Å². The molecule has 0 aromatic heterocycles. The van der Waals surface area contributed by atoms with Gasteiger partial charge >= 0.3 is 0 Å². The standard InChI is InChI=1S/C15H22O2/c1-10(2)7-12-5-6-13(9-16)15(17)14(12)8-11(3)4/h5-6,9-11,17H,7-8H2,1-4H3. The number of carbonyl (C=O) groups is 1. The van der Waals surface area contributed by atoms with E-state index in [9.17, 15) is 9.90 Å². The smallest absolute Gasteiger partial charge is 0.153 e. The van der Waals surface area contributed by atoms with Gasteiger partial charge < -0.3 is 5.11 Å². The number of aromatic hydroxyl groups is 1. The first-order chi connectivity index (χ1) is 7.95. The van der Waals surface area contributed by atoms with Gasteiger partial charge in [-0.05, 0) is 41.9 Å². The molecular weight excluding hydrogens is 212 g/mol. The van der Waals surface area contributed by atoms with Crippen LogP contribution in [0.4, 0.5) is 0 Å². The molecule has 0 radical (unpaired) electrons. The van der Waals surface area contributed by atoms with Crippen LogP contribution >= 0.6 is 0 Å². The Labute approximate surface area is 104 Å². The molecule has 2 heteroatoms. The van der Waals surface area contributed by atoms with Crippen LogP contribution in [-0.4, -0.2) is 11.4 Å². The summed E-state index contributed by atoms with van der Waals surface area (Å²) in [7, 11) is 0. The average molecular weight is 234 g/mol. The molecule has 17 heavy (non-hydrogen) atoms. The van der Waals surface area contributed by atoms with Gasteiger partial charge in [0.25, 0.3) is 0 Å². The van der Waals surface area contributed by atoms with Gasteiger partial charge in [-0.25, -0.2) is 0 Å². The van der Waals surface area contributed by atoms with Crippen molar-refractivity contribution in [2.24, 2.45) is 11.8 Å². The molecule has 0 amide bonds. The molecule has 0 atom stereocenters. The third kappa shape index (κ3) is 3.58. The number of rotatable bonds is 5. The van der Waals surface area contributed by atoms with E-state index in [-0.39, 0.29) is 5.75 Å². The first-order valence-corrected chi connectivity index (χ1v) is 6.24. The lowest BCUT2D eigenvalue weighted by atomic mass is 9.90. The molecule has 0 aliphatic rings. The minimum Gasteiger partial charge on any atom is -0.507 e. The summed E-state index contributed by atoms with van der Waals surface area (Å²) in [6.07, 6.45) is 2.47. The first-order valence-electron chi connectivity index (χ1n) is 6.24. The highest BCUT2D eigenvalue weighted by molar-refractivity contribution is 5.80. The number of aldehydes is 1. The summed E-state index contributed by atoms with van der Waals surface area (Å²) in [5.41, 5.74) is 2.50. The van der Waals surface area contributed by atoms with Crippen molar-refractivity contribution in [3.05, 3.63) is 28.8 Å². The van der Waals surface area contributed by atoms with Crippen molar-refractivity contribution in [3.8, 4) is 5.75 Å². The van der Waals surface area contributed by atoms with Crippen LogP contribution in [0.15, 0.2) is 12.1 Å². The number of hydrogen-bond donors (Lipinski definition) is 1. The number of carbonyl (C=O) groups excluding carboxylic acids is 1. The molecule has 1 N–H and O–H groups in total. The summed E-state index contributed by atoms with van der Waals surface area (Å²) in [5, 5.41) is 10.1. The summed E-state index contributed by atoms with van der Waals surface area (Å²) < 4.78 is 0. The zero-order chi connectivity index (χ0) is 13.0. The first kappa shape index (κ1) is 13.8. The minimum absolute atomic E-state index is 0.173. The Morgan fingerprint density at radius 2 is 1.71 bits per heavy atom. The Hall–Kier alpha value is -1.31. The van der Waals surface area contributed by atoms with E-state index in [0.29, 0.717) is 17.4 Å². The SMILES string of the molecule is CC(C)Cc1ccc(C=O)c(O)c1CC(C)C. The minimum atomic E-state index is 0.173. The van der Waals surface area contributed by atoms with E-state index in [1.54, 1.807) is 6.07 Å². The van der Waals surface area contributed by atoms with Crippen LogP contribution in [0.2, 0.25) is 0 Å². The van der Waals surface area contributed by atoms with Crippen molar-refractivity contribution < 1.29 is 9.90 Å². The Morgan fingerprint density at radius 3 is 2.18 bits per heavy atom. The molecule has 0 bridgehead atoms. The number of phenolic OH excluding ortho intramolecular Hbond substituents is 1. The van der Waals surface area contributed by atoms with Crippen molar-refractivity contribution in [1.29, 1.82) is 0 Å². The lowest BCUT2D eigenvalue weighted by molar-refractivity contribution is 0.112. The predicted molar refractivity (Wildman–Crippen MR) is 70.6 cm³/mol. The summed E-state index contributed by atoms with van der Waals surface area (Å²) in [6, 6.07) is 3.69. The molecule has 0 spiro atoms. The van der Waals surface area contributed by atoms with Crippen LogP contribution in [-0.2, 0) is 12.8 Å². The van der Waals surface area contributed by atoms with E-state index in [2.05, 4.69) is 27.7 Å². The summed E-state index contributed by atoms with van der Waals surface area (Å²) in [6.45, 7) is 8.55. The van der Waals surface area contributed by atoms with Crippen LogP contribution in [0.25, 0.3) is 0 Å². The normalized spacial score (nSPS) is 11.2. The molecule has 1 rings (SSSR count). The maximum absolute atomic E-state index is 10.8. The van der Waals surface area contributed by atoms with E-state index < -0.39 is 0 Å². The van der Waals surface area contributed by atoms with Gasteiger partial charge in [0.2, 0.25) is 0 Å². The zero-order valence-electron chi connectivity index (χ0n) is 11.2. The monoisotopic (exact) mass is 234 g/mol. The van der Waals surface area contributed by atoms with E-state index in [1.807, 2.05) is 6.07 Å². The number of benzene rings is 1. The molecule has 0 aliphatic carbocycles. The highest BCUT2D eigenvalue weighted by Gasteiger charge is 2.14. The van der Waals surface area contributed by atoms with Crippen molar-refractivity contribution in [3.63, 3.8) is 0 Å². The molecule has 1 aromatic rings. The topological polar surface area (TPSA) is 37.3 Å². The summed E-state index contributed by atoms with van der Waals surface area (Å²) in [4.78, 5) is 10.8. The highest BCUT2D eigenvalue weighted by atomic mass is 16.3. The quantitative estimate of drug-likeness (QED) is 0.790. The molecule has 0 heterocycles. The molecule has 0 saturated carbocycles. The second-order valence-corrected chi connectivity index (χ2v) is 5.45.